The van der Waals surface area contributed by atoms with Crippen LogP contribution in [0.15, 0.2) is 59.6 Å². The molecule has 1 fully saturated rings. The first-order valence-electron chi connectivity index (χ1n) is 10.2. The van der Waals surface area contributed by atoms with Gasteiger partial charge in [-0.25, -0.2) is 0 Å². The van der Waals surface area contributed by atoms with Crippen LogP contribution in [0.5, 0.6) is 5.75 Å². The van der Waals surface area contributed by atoms with Crippen molar-refractivity contribution in [3.63, 3.8) is 0 Å². The lowest BCUT2D eigenvalue weighted by atomic mass is 10.0. The molecule has 30 heavy (non-hydrogen) atoms. The van der Waals surface area contributed by atoms with Crippen molar-refractivity contribution in [2.24, 2.45) is 10.9 Å². The molecule has 1 aliphatic rings. The number of hydrogen-bond donors (Lipinski definition) is 3. The highest BCUT2D eigenvalue weighted by atomic mass is 127. The van der Waals surface area contributed by atoms with E-state index in [1.807, 2.05) is 42.5 Å². The molecular formula is C23H33IN4O2. The topological polar surface area (TPSA) is 69.1 Å². The number of rotatable bonds is 8. The fourth-order valence-corrected chi connectivity index (χ4v) is 3.80. The zero-order valence-corrected chi connectivity index (χ0v) is 20.1. The van der Waals surface area contributed by atoms with Crippen LogP contribution < -0.4 is 20.3 Å². The third-order valence-electron chi connectivity index (χ3n) is 5.50. The van der Waals surface area contributed by atoms with Gasteiger partial charge in [-0.3, -0.25) is 4.99 Å². The first kappa shape index (κ1) is 24.3. The monoisotopic (exact) mass is 524 g/mol. The van der Waals surface area contributed by atoms with Gasteiger partial charge in [0.05, 0.1) is 19.4 Å². The zero-order valence-electron chi connectivity index (χ0n) is 17.8. The van der Waals surface area contributed by atoms with E-state index in [1.165, 1.54) is 0 Å². The summed E-state index contributed by atoms with van der Waals surface area (Å²) < 4.78 is 5.50. The van der Waals surface area contributed by atoms with Gasteiger partial charge in [-0.15, -0.1) is 24.0 Å². The number of anilines is 1. The number of hydrogen-bond acceptors (Lipinski definition) is 4. The minimum Gasteiger partial charge on any atom is -0.495 e. The van der Waals surface area contributed by atoms with E-state index in [0.29, 0.717) is 12.5 Å². The van der Waals surface area contributed by atoms with Crippen LogP contribution in [0.2, 0.25) is 0 Å². The molecule has 2 unspecified atom stereocenters. The molecule has 3 rings (SSSR count). The molecule has 2 aromatic rings. The lowest BCUT2D eigenvalue weighted by molar-refractivity contribution is 0.265. The summed E-state index contributed by atoms with van der Waals surface area (Å²) in [5, 5.41) is 16.5. The molecule has 0 aliphatic carbocycles. The van der Waals surface area contributed by atoms with Gasteiger partial charge in [-0.2, -0.15) is 0 Å². The van der Waals surface area contributed by atoms with Crippen molar-refractivity contribution in [3.8, 4) is 5.75 Å². The second kappa shape index (κ2) is 12.6. The van der Waals surface area contributed by atoms with Crippen LogP contribution in [-0.4, -0.2) is 58.0 Å². The Hall–Kier alpha value is -2.00. The number of halogens is 1. The molecule has 0 amide bonds. The van der Waals surface area contributed by atoms with E-state index in [0.717, 1.165) is 49.0 Å². The van der Waals surface area contributed by atoms with Gasteiger partial charge in [0.2, 0.25) is 0 Å². The molecule has 0 spiro atoms. The number of benzene rings is 2. The van der Waals surface area contributed by atoms with Crippen LogP contribution in [0, 0.1) is 5.92 Å². The molecule has 1 saturated heterocycles. The van der Waals surface area contributed by atoms with E-state index in [9.17, 15) is 5.11 Å². The largest absolute Gasteiger partial charge is 0.495 e. The van der Waals surface area contributed by atoms with E-state index < -0.39 is 0 Å². The molecule has 1 heterocycles. The lowest BCUT2D eigenvalue weighted by Gasteiger charge is -2.22. The summed E-state index contributed by atoms with van der Waals surface area (Å²) in [6, 6.07) is 18.3. The van der Waals surface area contributed by atoms with Crippen LogP contribution in [0.4, 0.5) is 5.69 Å². The van der Waals surface area contributed by atoms with Gasteiger partial charge < -0.3 is 25.4 Å². The highest BCUT2D eigenvalue weighted by molar-refractivity contribution is 14.0. The second-order valence-electron chi connectivity index (χ2n) is 7.40. The van der Waals surface area contributed by atoms with Crippen LogP contribution in [0.25, 0.3) is 0 Å². The van der Waals surface area contributed by atoms with Gasteiger partial charge in [-0.1, -0.05) is 42.5 Å². The van der Waals surface area contributed by atoms with Crippen LogP contribution >= 0.6 is 24.0 Å². The summed E-state index contributed by atoms with van der Waals surface area (Å²) in [5.74, 6) is 2.29. The summed E-state index contributed by atoms with van der Waals surface area (Å²) in [6.45, 7) is 3.62. The smallest absolute Gasteiger partial charge is 0.191 e. The van der Waals surface area contributed by atoms with Crippen LogP contribution in [0.3, 0.4) is 0 Å². The van der Waals surface area contributed by atoms with Gasteiger partial charge in [0.15, 0.2) is 5.96 Å². The van der Waals surface area contributed by atoms with Gasteiger partial charge in [0.1, 0.15) is 5.75 Å². The van der Waals surface area contributed by atoms with E-state index in [-0.39, 0.29) is 36.5 Å². The van der Waals surface area contributed by atoms with Gasteiger partial charge >= 0.3 is 0 Å². The Morgan fingerprint density at radius 2 is 1.90 bits per heavy atom. The zero-order chi connectivity index (χ0) is 20.5. The summed E-state index contributed by atoms with van der Waals surface area (Å²) in [6.07, 6.45) is 1.13. The third-order valence-corrected chi connectivity index (χ3v) is 5.50. The Kier molecular flexibility index (Phi) is 10.2. The number of para-hydroxylation sites is 2. The van der Waals surface area contributed by atoms with Crippen molar-refractivity contribution in [1.82, 2.24) is 10.6 Å². The van der Waals surface area contributed by atoms with E-state index >= 15 is 0 Å². The summed E-state index contributed by atoms with van der Waals surface area (Å²) in [5.41, 5.74) is 2.29. The number of guanidine groups is 1. The summed E-state index contributed by atoms with van der Waals surface area (Å²) >= 11 is 0. The Morgan fingerprint density at radius 3 is 2.60 bits per heavy atom. The third kappa shape index (κ3) is 6.50. The molecule has 3 N–H and O–H groups in total. The number of aliphatic hydroxyl groups excluding tert-OH is 1. The fraction of sp³-hybridized carbons (Fsp3) is 0.435. The molecule has 0 aromatic heterocycles. The highest BCUT2D eigenvalue weighted by Crippen LogP contribution is 2.31. The molecule has 0 saturated carbocycles. The number of nitrogens with one attached hydrogen (secondary N) is 2. The van der Waals surface area contributed by atoms with Crippen LogP contribution in [0.1, 0.15) is 17.9 Å². The lowest BCUT2D eigenvalue weighted by Crippen LogP contribution is -2.42. The maximum atomic E-state index is 9.73. The average Bonchev–Trinajstić information content (AvgIpc) is 3.25. The van der Waals surface area contributed by atoms with Gasteiger partial charge in [0.25, 0.3) is 0 Å². The van der Waals surface area contributed by atoms with Crippen molar-refractivity contribution < 1.29 is 9.84 Å². The first-order chi connectivity index (χ1) is 14.2. The van der Waals surface area contributed by atoms with Crippen molar-refractivity contribution in [2.45, 2.75) is 12.3 Å². The Bertz CT molecular complexity index is 788. The molecule has 2 atom stereocenters. The Morgan fingerprint density at radius 1 is 1.17 bits per heavy atom. The molecule has 2 aromatic carbocycles. The number of nitrogens with zero attached hydrogens (tertiary/aromatic N) is 2. The maximum Gasteiger partial charge on any atom is 0.191 e. The van der Waals surface area contributed by atoms with Crippen molar-refractivity contribution >= 4 is 35.6 Å². The predicted molar refractivity (Wildman–Crippen MR) is 134 cm³/mol. The maximum absolute atomic E-state index is 9.73. The molecule has 0 bridgehead atoms. The predicted octanol–water partition coefficient (Wildman–Crippen LogP) is 3.08. The number of ether oxygens (including phenoxy) is 1. The van der Waals surface area contributed by atoms with E-state index in [2.05, 4.69) is 32.7 Å². The first-order valence-corrected chi connectivity index (χ1v) is 10.2. The number of aliphatic hydroxyl groups is 1. The minimum absolute atomic E-state index is 0. The molecule has 0 radical (unpaired) electrons. The molecule has 6 nitrogen and oxygen atoms in total. The standard InChI is InChI=1S/C23H32N4O2.HI/c1-24-23(26-15-20(17-28)19-8-4-3-5-9-19)25-14-18-12-13-27(16-18)21-10-6-7-11-22(21)29-2;/h3-11,18,20,28H,12-17H2,1-2H3,(H2,24,25,26);1H. The van der Waals surface area contributed by atoms with Gasteiger partial charge in [-0.05, 0) is 30.0 Å². The van der Waals surface area contributed by atoms with E-state index in [1.54, 1.807) is 14.2 Å². The minimum atomic E-state index is 0. The summed E-state index contributed by atoms with van der Waals surface area (Å²) in [4.78, 5) is 6.72. The highest BCUT2D eigenvalue weighted by Gasteiger charge is 2.24. The van der Waals surface area contributed by atoms with Crippen molar-refractivity contribution in [3.05, 3.63) is 60.2 Å². The van der Waals surface area contributed by atoms with Crippen molar-refractivity contribution in [2.75, 3.05) is 51.8 Å². The molecular weight excluding hydrogens is 491 g/mol. The normalized spacial score (nSPS) is 17.2. The quantitative estimate of drug-likeness (QED) is 0.282. The SMILES string of the molecule is CN=C(NCC1CCN(c2ccccc2OC)C1)NCC(CO)c1ccccc1.I. The fourth-order valence-electron chi connectivity index (χ4n) is 3.80. The van der Waals surface area contributed by atoms with Crippen molar-refractivity contribution in [1.29, 1.82) is 0 Å². The molecule has 7 heteroatoms. The van der Waals surface area contributed by atoms with Gasteiger partial charge in [0, 0.05) is 39.1 Å². The molecule has 164 valence electrons. The van der Waals surface area contributed by atoms with Crippen LogP contribution in [-0.2, 0) is 0 Å². The number of methoxy groups -OCH3 is 1. The summed E-state index contributed by atoms with van der Waals surface area (Å²) in [7, 11) is 3.50. The molecule has 1 aliphatic heterocycles. The Labute approximate surface area is 196 Å². The Balaban J connectivity index is 0.00000320. The number of aliphatic imine (C=N–C) groups is 1. The second-order valence-corrected chi connectivity index (χ2v) is 7.40. The van der Waals surface area contributed by atoms with E-state index in [4.69, 9.17) is 4.74 Å². The average molecular weight is 524 g/mol.